The Hall–Kier alpha value is -2.43. The van der Waals surface area contributed by atoms with Crippen LogP contribution in [0.25, 0.3) is 0 Å². The Balaban J connectivity index is 1.48. The van der Waals surface area contributed by atoms with E-state index in [9.17, 15) is 4.79 Å². The Bertz CT molecular complexity index is 615. The molecule has 1 aliphatic carbocycles. The predicted octanol–water partition coefficient (Wildman–Crippen LogP) is 2.39. The van der Waals surface area contributed by atoms with Crippen LogP contribution in [0, 0.1) is 5.92 Å². The van der Waals surface area contributed by atoms with E-state index in [1.165, 1.54) is 23.5 Å². The molecule has 0 fully saturated rings. The Morgan fingerprint density at radius 3 is 2.48 bits per heavy atom. The Labute approximate surface area is 123 Å². The maximum absolute atomic E-state index is 10.7. The fraction of sp³-hybridized carbons (Fsp3) is 0.312. The minimum atomic E-state index is -1.06. The fourth-order valence-corrected chi connectivity index (χ4v) is 2.79. The summed E-state index contributed by atoms with van der Waals surface area (Å²) in [5, 5.41) is 12.0. The van der Waals surface area contributed by atoms with E-state index in [2.05, 4.69) is 39.6 Å². The van der Waals surface area contributed by atoms with E-state index in [0.717, 1.165) is 25.8 Å². The van der Waals surface area contributed by atoms with Crippen molar-refractivity contribution in [2.24, 2.45) is 5.92 Å². The van der Waals surface area contributed by atoms with Crippen molar-refractivity contribution in [1.82, 2.24) is 9.97 Å². The predicted molar refractivity (Wildman–Crippen MR) is 79.4 cm³/mol. The average Bonchev–Trinajstić information content (AvgIpc) is 2.90. The molecule has 0 spiro atoms. The number of carboxylic acid groups (broad SMARTS) is 1. The lowest BCUT2D eigenvalue weighted by Gasteiger charge is -2.10. The van der Waals surface area contributed by atoms with Gasteiger partial charge in [0.05, 0.1) is 12.4 Å². The van der Waals surface area contributed by atoms with Crippen LogP contribution in [0.15, 0.2) is 36.7 Å². The molecule has 0 amide bonds. The SMILES string of the molecule is O=C(O)c1cnc(NCCC2Cc3ccccc3C2)cn1. The number of hydrogen-bond donors (Lipinski definition) is 2. The first kappa shape index (κ1) is 13.5. The van der Waals surface area contributed by atoms with Gasteiger partial charge in [0.1, 0.15) is 5.82 Å². The van der Waals surface area contributed by atoms with E-state index in [1.54, 1.807) is 0 Å². The van der Waals surface area contributed by atoms with Crippen molar-refractivity contribution >= 4 is 11.8 Å². The second-order valence-electron chi connectivity index (χ2n) is 5.35. The molecule has 0 radical (unpaired) electrons. The van der Waals surface area contributed by atoms with Crippen molar-refractivity contribution in [2.75, 3.05) is 11.9 Å². The summed E-state index contributed by atoms with van der Waals surface area (Å²) in [5.41, 5.74) is 2.90. The van der Waals surface area contributed by atoms with Crippen molar-refractivity contribution in [3.05, 3.63) is 53.5 Å². The van der Waals surface area contributed by atoms with E-state index >= 15 is 0 Å². The maximum atomic E-state index is 10.7. The standard InChI is InChI=1S/C16H17N3O2/c20-16(21)14-9-19-15(10-18-14)17-6-5-11-7-12-3-1-2-4-13(12)8-11/h1-4,9-11H,5-8H2,(H,17,19)(H,20,21). The number of aromatic carboxylic acids is 1. The highest BCUT2D eigenvalue weighted by molar-refractivity contribution is 5.84. The third-order valence-electron chi connectivity index (χ3n) is 3.87. The molecule has 21 heavy (non-hydrogen) atoms. The Morgan fingerprint density at radius 1 is 1.19 bits per heavy atom. The van der Waals surface area contributed by atoms with Crippen molar-refractivity contribution in [3.63, 3.8) is 0 Å². The second kappa shape index (κ2) is 5.91. The first-order chi connectivity index (χ1) is 10.2. The molecule has 1 aromatic carbocycles. The number of benzene rings is 1. The number of hydrogen-bond acceptors (Lipinski definition) is 4. The normalized spacial score (nSPS) is 13.9. The zero-order valence-corrected chi connectivity index (χ0v) is 11.6. The van der Waals surface area contributed by atoms with Gasteiger partial charge in [0, 0.05) is 6.54 Å². The molecule has 0 saturated heterocycles. The van der Waals surface area contributed by atoms with Gasteiger partial charge in [-0.15, -0.1) is 0 Å². The minimum Gasteiger partial charge on any atom is -0.476 e. The number of nitrogens with zero attached hydrogens (tertiary/aromatic N) is 2. The lowest BCUT2D eigenvalue weighted by Crippen LogP contribution is -2.11. The summed E-state index contributed by atoms with van der Waals surface area (Å²) < 4.78 is 0. The molecular formula is C16H17N3O2. The van der Waals surface area contributed by atoms with Gasteiger partial charge >= 0.3 is 5.97 Å². The quantitative estimate of drug-likeness (QED) is 0.881. The fourth-order valence-electron chi connectivity index (χ4n) is 2.79. The average molecular weight is 283 g/mol. The molecule has 0 saturated carbocycles. The molecule has 2 N–H and O–H groups in total. The first-order valence-corrected chi connectivity index (χ1v) is 7.08. The van der Waals surface area contributed by atoms with Crippen LogP contribution < -0.4 is 5.32 Å². The summed E-state index contributed by atoms with van der Waals surface area (Å²) in [6.07, 6.45) is 6.09. The van der Waals surface area contributed by atoms with Crippen LogP contribution in [0.1, 0.15) is 28.0 Å². The van der Waals surface area contributed by atoms with Crippen molar-refractivity contribution in [1.29, 1.82) is 0 Å². The van der Waals surface area contributed by atoms with Gasteiger partial charge in [0.15, 0.2) is 5.69 Å². The molecule has 0 aliphatic heterocycles. The van der Waals surface area contributed by atoms with Crippen LogP contribution >= 0.6 is 0 Å². The molecular weight excluding hydrogens is 266 g/mol. The van der Waals surface area contributed by atoms with Crippen LogP contribution in [0.5, 0.6) is 0 Å². The summed E-state index contributed by atoms with van der Waals surface area (Å²) in [5.74, 6) is 0.231. The van der Waals surface area contributed by atoms with Crippen LogP contribution in [0.4, 0.5) is 5.82 Å². The topological polar surface area (TPSA) is 75.1 Å². The molecule has 1 aromatic heterocycles. The van der Waals surface area contributed by atoms with E-state index in [-0.39, 0.29) is 5.69 Å². The van der Waals surface area contributed by atoms with E-state index in [0.29, 0.717) is 11.7 Å². The van der Waals surface area contributed by atoms with Gasteiger partial charge in [-0.3, -0.25) is 0 Å². The Morgan fingerprint density at radius 2 is 1.90 bits per heavy atom. The molecule has 1 aliphatic rings. The number of anilines is 1. The maximum Gasteiger partial charge on any atom is 0.356 e. The molecule has 5 heteroatoms. The zero-order chi connectivity index (χ0) is 14.7. The van der Waals surface area contributed by atoms with Gasteiger partial charge < -0.3 is 10.4 Å². The molecule has 0 atom stereocenters. The number of carbonyl (C=O) groups is 1. The lowest BCUT2D eigenvalue weighted by atomic mass is 10.0. The third-order valence-corrected chi connectivity index (χ3v) is 3.87. The van der Waals surface area contributed by atoms with Gasteiger partial charge in [0.25, 0.3) is 0 Å². The number of aromatic nitrogens is 2. The summed E-state index contributed by atoms with van der Waals surface area (Å²) in [7, 11) is 0. The van der Waals surface area contributed by atoms with Gasteiger partial charge in [0.2, 0.25) is 0 Å². The molecule has 1 heterocycles. The summed E-state index contributed by atoms with van der Waals surface area (Å²) in [4.78, 5) is 18.6. The van der Waals surface area contributed by atoms with Crippen LogP contribution in [0.2, 0.25) is 0 Å². The summed E-state index contributed by atoms with van der Waals surface area (Å²) in [6.45, 7) is 0.819. The molecule has 108 valence electrons. The third kappa shape index (κ3) is 3.18. The zero-order valence-electron chi connectivity index (χ0n) is 11.6. The monoisotopic (exact) mass is 283 g/mol. The van der Waals surface area contributed by atoms with Crippen LogP contribution in [-0.4, -0.2) is 27.6 Å². The van der Waals surface area contributed by atoms with Gasteiger partial charge in [-0.05, 0) is 36.3 Å². The van der Waals surface area contributed by atoms with Crippen LogP contribution in [-0.2, 0) is 12.8 Å². The van der Waals surface area contributed by atoms with Gasteiger partial charge in [-0.2, -0.15) is 0 Å². The van der Waals surface area contributed by atoms with E-state index in [4.69, 9.17) is 5.11 Å². The summed E-state index contributed by atoms with van der Waals surface area (Å²) in [6, 6.07) is 8.61. The van der Waals surface area contributed by atoms with Crippen molar-refractivity contribution in [3.8, 4) is 0 Å². The van der Waals surface area contributed by atoms with E-state index in [1.807, 2.05) is 0 Å². The van der Waals surface area contributed by atoms with Gasteiger partial charge in [-0.1, -0.05) is 24.3 Å². The van der Waals surface area contributed by atoms with Crippen molar-refractivity contribution in [2.45, 2.75) is 19.3 Å². The highest BCUT2D eigenvalue weighted by Gasteiger charge is 2.20. The van der Waals surface area contributed by atoms with E-state index < -0.39 is 5.97 Å². The van der Waals surface area contributed by atoms with Crippen molar-refractivity contribution < 1.29 is 9.90 Å². The number of fused-ring (bicyclic) bond motifs is 1. The van der Waals surface area contributed by atoms with Gasteiger partial charge in [-0.25, -0.2) is 14.8 Å². The smallest absolute Gasteiger partial charge is 0.356 e. The second-order valence-corrected chi connectivity index (χ2v) is 5.35. The first-order valence-electron chi connectivity index (χ1n) is 7.08. The van der Waals surface area contributed by atoms with Crippen LogP contribution in [0.3, 0.4) is 0 Å². The largest absolute Gasteiger partial charge is 0.476 e. The summed E-state index contributed by atoms with van der Waals surface area (Å²) >= 11 is 0. The number of nitrogens with one attached hydrogen (secondary N) is 1. The highest BCUT2D eigenvalue weighted by atomic mass is 16.4. The molecule has 0 bridgehead atoms. The highest BCUT2D eigenvalue weighted by Crippen LogP contribution is 2.28. The molecule has 3 rings (SSSR count). The minimum absolute atomic E-state index is 0.0354. The molecule has 5 nitrogen and oxygen atoms in total. The number of rotatable bonds is 5. The number of carboxylic acids is 1. The lowest BCUT2D eigenvalue weighted by molar-refractivity contribution is 0.0690. The molecule has 0 unspecified atom stereocenters. The Kier molecular flexibility index (Phi) is 3.81. The molecule has 2 aromatic rings.